The summed E-state index contributed by atoms with van der Waals surface area (Å²) in [5, 5.41) is 3.42. The number of oxazole rings is 1. The van der Waals surface area contributed by atoms with Crippen molar-refractivity contribution in [3.63, 3.8) is 0 Å². The van der Waals surface area contributed by atoms with Crippen LogP contribution in [0.2, 0.25) is 0 Å². The zero-order chi connectivity index (χ0) is 12.1. The Balaban J connectivity index is 2.11. The first kappa shape index (κ1) is 12.6. The van der Waals surface area contributed by atoms with Gasteiger partial charge in [-0.3, -0.25) is 0 Å². The van der Waals surface area contributed by atoms with Crippen molar-refractivity contribution in [3.05, 3.63) is 17.8 Å². The van der Waals surface area contributed by atoms with Crippen LogP contribution in [0.25, 0.3) is 0 Å². The lowest BCUT2D eigenvalue weighted by molar-refractivity contribution is 0.325. The average Bonchev–Trinajstić information content (AvgIpc) is 2.98. The van der Waals surface area contributed by atoms with Crippen LogP contribution in [-0.4, -0.2) is 11.5 Å². The van der Waals surface area contributed by atoms with E-state index in [0.717, 1.165) is 31.0 Å². The van der Waals surface area contributed by atoms with Gasteiger partial charge in [-0.05, 0) is 32.2 Å². The van der Waals surface area contributed by atoms with E-state index in [1.165, 1.54) is 32.1 Å². The second-order valence-electron chi connectivity index (χ2n) is 5.15. The largest absolute Gasteiger partial charge is 0.448 e. The van der Waals surface area contributed by atoms with E-state index < -0.39 is 0 Å². The number of hydrogen-bond donors (Lipinski definition) is 1. The van der Waals surface area contributed by atoms with Crippen LogP contribution in [0.4, 0.5) is 0 Å². The Labute approximate surface area is 104 Å². The fraction of sp³-hybridized carbons (Fsp3) is 0.786. The lowest BCUT2D eigenvalue weighted by Gasteiger charge is -2.25. The van der Waals surface area contributed by atoms with Crippen LogP contribution in [0.3, 0.4) is 0 Å². The smallest absolute Gasteiger partial charge is 0.181 e. The second-order valence-corrected chi connectivity index (χ2v) is 5.15. The van der Waals surface area contributed by atoms with E-state index in [0.29, 0.717) is 0 Å². The summed E-state index contributed by atoms with van der Waals surface area (Å²) < 4.78 is 5.72. The number of rotatable bonds is 6. The molecule has 0 amide bonds. The van der Waals surface area contributed by atoms with Crippen molar-refractivity contribution in [2.45, 2.75) is 64.3 Å². The highest BCUT2D eigenvalue weighted by atomic mass is 16.3. The highest BCUT2D eigenvalue weighted by Gasteiger charge is 2.38. The van der Waals surface area contributed by atoms with Gasteiger partial charge in [0.1, 0.15) is 5.76 Å². The van der Waals surface area contributed by atoms with Crippen molar-refractivity contribution in [3.8, 4) is 0 Å². The molecular formula is C14H24N2O. The summed E-state index contributed by atoms with van der Waals surface area (Å²) in [7, 11) is 0. The molecule has 3 heteroatoms. The lowest BCUT2D eigenvalue weighted by Crippen LogP contribution is -2.24. The molecule has 3 nitrogen and oxygen atoms in total. The molecule has 1 heterocycles. The first-order chi connectivity index (χ1) is 8.32. The zero-order valence-electron chi connectivity index (χ0n) is 11.1. The Morgan fingerprint density at radius 1 is 1.35 bits per heavy atom. The van der Waals surface area contributed by atoms with Crippen molar-refractivity contribution < 1.29 is 4.42 Å². The van der Waals surface area contributed by atoms with Crippen molar-refractivity contribution in [1.29, 1.82) is 0 Å². The molecule has 1 aromatic heterocycles. The second kappa shape index (κ2) is 5.67. The van der Waals surface area contributed by atoms with Gasteiger partial charge in [-0.2, -0.15) is 0 Å². The highest BCUT2D eigenvalue weighted by molar-refractivity contribution is 5.21. The Hall–Kier alpha value is -0.830. The molecule has 0 aromatic carbocycles. The van der Waals surface area contributed by atoms with Crippen LogP contribution in [0.1, 0.15) is 63.8 Å². The summed E-state index contributed by atoms with van der Waals surface area (Å²) in [5.74, 6) is 1.15. The van der Waals surface area contributed by atoms with Gasteiger partial charge in [0.25, 0.3) is 0 Å². The number of nitrogens with one attached hydrogen (secondary N) is 1. The minimum Gasteiger partial charge on any atom is -0.448 e. The third kappa shape index (κ3) is 2.54. The molecule has 1 aromatic rings. The summed E-state index contributed by atoms with van der Waals surface area (Å²) in [4.78, 5) is 4.40. The predicted octanol–water partition coefficient (Wildman–Crippen LogP) is 3.40. The highest BCUT2D eigenvalue weighted by Crippen LogP contribution is 2.44. The van der Waals surface area contributed by atoms with Crippen LogP contribution in [0, 0.1) is 0 Å². The summed E-state index contributed by atoms with van der Waals surface area (Å²) >= 11 is 0. The monoisotopic (exact) mass is 236 g/mol. The van der Waals surface area contributed by atoms with Crippen molar-refractivity contribution in [1.82, 2.24) is 10.3 Å². The van der Waals surface area contributed by atoms with Crippen molar-refractivity contribution in [2.75, 3.05) is 6.54 Å². The molecule has 1 aliphatic carbocycles. The first-order valence-electron chi connectivity index (χ1n) is 6.96. The SMILES string of the molecule is CCCNCc1ncoc1C1(CC)CCCC1. The van der Waals surface area contributed by atoms with Gasteiger partial charge in [0, 0.05) is 12.0 Å². The van der Waals surface area contributed by atoms with Crippen LogP contribution >= 0.6 is 0 Å². The van der Waals surface area contributed by atoms with Gasteiger partial charge in [0.2, 0.25) is 0 Å². The quantitative estimate of drug-likeness (QED) is 0.769. The Kier molecular flexibility index (Phi) is 4.21. The number of hydrogen-bond acceptors (Lipinski definition) is 3. The van der Waals surface area contributed by atoms with E-state index in [9.17, 15) is 0 Å². The van der Waals surface area contributed by atoms with Crippen molar-refractivity contribution in [2.24, 2.45) is 0 Å². The van der Waals surface area contributed by atoms with E-state index in [2.05, 4.69) is 24.1 Å². The maximum Gasteiger partial charge on any atom is 0.181 e. The Morgan fingerprint density at radius 3 is 2.76 bits per heavy atom. The van der Waals surface area contributed by atoms with Gasteiger partial charge in [-0.1, -0.05) is 26.7 Å². The van der Waals surface area contributed by atoms with Gasteiger partial charge in [-0.25, -0.2) is 4.98 Å². The first-order valence-corrected chi connectivity index (χ1v) is 6.96. The van der Waals surface area contributed by atoms with Gasteiger partial charge >= 0.3 is 0 Å². The maximum atomic E-state index is 5.72. The predicted molar refractivity (Wildman–Crippen MR) is 68.9 cm³/mol. The third-order valence-electron chi connectivity index (χ3n) is 4.08. The molecule has 0 saturated heterocycles. The Bertz CT molecular complexity index is 340. The summed E-state index contributed by atoms with van der Waals surface area (Å²) in [6.07, 6.45) is 9.13. The zero-order valence-corrected chi connectivity index (χ0v) is 11.1. The third-order valence-corrected chi connectivity index (χ3v) is 4.08. The molecule has 2 rings (SSSR count). The van der Waals surface area contributed by atoms with E-state index in [-0.39, 0.29) is 5.41 Å². The van der Waals surface area contributed by atoms with Crippen LogP contribution in [-0.2, 0) is 12.0 Å². The summed E-state index contributed by atoms with van der Waals surface area (Å²) in [6, 6.07) is 0. The van der Waals surface area contributed by atoms with Crippen LogP contribution in [0.5, 0.6) is 0 Å². The standard InChI is InChI=1S/C14H24N2O/c1-3-9-15-10-12-13(17-11-16-12)14(4-2)7-5-6-8-14/h11,15H,3-10H2,1-2H3. The number of nitrogens with zero attached hydrogens (tertiary/aromatic N) is 1. The molecule has 0 unspecified atom stereocenters. The van der Waals surface area contributed by atoms with E-state index in [4.69, 9.17) is 4.42 Å². The average molecular weight is 236 g/mol. The molecule has 0 atom stereocenters. The van der Waals surface area contributed by atoms with Crippen molar-refractivity contribution >= 4 is 0 Å². The minimum absolute atomic E-state index is 0.278. The molecule has 0 radical (unpaired) electrons. The number of aromatic nitrogens is 1. The molecular weight excluding hydrogens is 212 g/mol. The Morgan fingerprint density at radius 2 is 2.12 bits per heavy atom. The molecule has 0 aliphatic heterocycles. The normalized spacial score (nSPS) is 18.7. The molecule has 1 saturated carbocycles. The topological polar surface area (TPSA) is 38.1 Å². The van der Waals surface area contributed by atoms with Gasteiger partial charge < -0.3 is 9.73 Å². The molecule has 17 heavy (non-hydrogen) atoms. The van der Waals surface area contributed by atoms with Gasteiger partial charge in [-0.15, -0.1) is 0 Å². The summed E-state index contributed by atoms with van der Waals surface area (Å²) in [5.41, 5.74) is 1.40. The lowest BCUT2D eigenvalue weighted by atomic mass is 9.80. The van der Waals surface area contributed by atoms with Crippen LogP contribution in [0.15, 0.2) is 10.8 Å². The maximum absolute atomic E-state index is 5.72. The fourth-order valence-electron chi connectivity index (χ4n) is 3.00. The van der Waals surface area contributed by atoms with E-state index in [1.807, 2.05) is 0 Å². The van der Waals surface area contributed by atoms with Crippen LogP contribution < -0.4 is 5.32 Å². The minimum atomic E-state index is 0.278. The summed E-state index contributed by atoms with van der Waals surface area (Å²) in [6.45, 7) is 6.35. The van der Waals surface area contributed by atoms with E-state index >= 15 is 0 Å². The van der Waals surface area contributed by atoms with Gasteiger partial charge in [0.15, 0.2) is 6.39 Å². The molecule has 1 N–H and O–H groups in total. The molecule has 0 spiro atoms. The molecule has 96 valence electrons. The molecule has 0 bridgehead atoms. The van der Waals surface area contributed by atoms with Gasteiger partial charge in [0.05, 0.1) is 5.69 Å². The molecule has 1 fully saturated rings. The molecule has 1 aliphatic rings. The fourth-order valence-corrected chi connectivity index (χ4v) is 3.00. The van der Waals surface area contributed by atoms with E-state index in [1.54, 1.807) is 6.39 Å².